The Kier molecular flexibility index (Phi) is 3.18. The van der Waals surface area contributed by atoms with Crippen molar-refractivity contribution in [1.29, 1.82) is 5.26 Å². The van der Waals surface area contributed by atoms with Gasteiger partial charge in [0.2, 0.25) is 0 Å². The van der Waals surface area contributed by atoms with Gasteiger partial charge in [0.05, 0.1) is 0 Å². The number of anilines is 1. The molecule has 1 N–H and O–H groups in total. The van der Waals surface area contributed by atoms with Gasteiger partial charge in [-0.3, -0.25) is 0 Å². The number of hydrogen-bond acceptors (Lipinski definition) is 4. The second kappa shape index (κ2) is 4.77. The summed E-state index contributed by atoms with van der Waals surface area (Å²) < 4.78 is 0. The molecule has 0 aliphatic heterocycles. The van der Waals surface area contributed by atoms with Crippen LogP contribution in [0, 0.1) is 11.3 Å². The van der Waals surface area contributed by atoms with Crippen LogP contribution < -0.4 is 5.32 Å². The highest BCUT2D eigenvalue weighted by atomic mass is 32.1. The first-order chi connectivity index (χ1) is 7.79. The standard InChI is InChI=1S/C12H11N3S/c1-9(10-3-5-16-8-10)15-11-2-4-14-12(6-11)7-13/h2-6,8-9H,1H3,(H,14,15). The van der Waals surface area contributed by atoms with Gasteiger partial charge in [0, 0.05) is 17.9 Å². The summed E-state index contributed by atoms with van der Waals surface area (Å²) in [6.45, 7) is 2.09. The third-order valence-corrected chi connectivity index (χ3v) is 3.00. The van der Waals surface area contributed by atoms with Crippen LogP contribution in [0.3, 0.4) is 0 Å². The predicted octanol–water partition coefficient (Wildman–Crippen LogP) is 3.19. The van der Waals surface area contributed by atoms with E-state index in [1.54, 1.807) is 23.6 Å². The van der Waals surface area contributed by atoms with Crippen molar-refractivity contribution in [1.82, 2.24) is 4.98 Å². The van der Waals surface area contributed by atoms with Gasteiger partial charge in [0.1, 0.15) is 11.8 Å². The van der Waals surface area contributed by atoms with Crippen molar-refractivity contribution in [3.8, 4) is 6.07 Å². The summed E-state index contributed by atoms with van der Waals surface area (Å²) >= 11 is 1.68. The molecule has 1 unspecified atom stereocenters. The van der Waals surface area contributed by atoms with Crippen molar-refractivity contribution in [3.63, 3.8) is 0 Å². The number of thiophene rings is 1. The molecule has 2 heterocycles. The van der Waals surface area contributed by atoms with E-state index in [4.69, 9.17) is 5.26 Å². The zero-order valence-corrected chi connectivity index (χ0v) is 9.66. The SMILES string of the molecule is CC(Nc1ccnc(C#N)c1)c1ccsc1. The first kappa shape index (κ1) is 10.7. The van der Waals surface area contributed by atoms with Crippen molar-refractivity contribution in [2.24, 2.45) is 0 Å². The maximum absolute atomic E-state index is 8.74. The summed E-state index contributed by atoms with van der Waals surface area (Å²) in [4.78, 5) is 3.93. The van der Waals surface area contributed by atoms with E-state index in [9.17, 15) is 0 Å². The lowest BCUT2D eigenvalue weighted by molar-refractivity contribution is 0.889. The van der Waals surface area contributed by atoms with E-state index in [1.807, 2.05) is 12.1 Å². The highest BCUT2D eigenvalue weighted by Crippen LogP contribution is 2.20. The summed E-state index contributed by atoms with van der Waals surface area (Å²) in [7, 11) is 0. The second-order valence-corrected chi connectivity index (χ2v) is 4.24. The Labute approximate surface area is 98.4 Å². The molecule has 0 fully saturated rings. The van der Waals surface area contributed by atoms with Crippen LogP contribution in [-0.2, 0) is 0 Å². The highest BCUT2D eigenvalue weighted by Gasteiger charge is 2.05. The molecule has 3 nitrogen and oxygen atoms in total. The van der Waals surface area contributed by atoms with Crippen molar-refractivity contribution < 1.29 is 0 Å². The molecule has 0 spiro atoms. The monoisotopic (exact) mass is 229 g/mol. The van der Waals surface area contributed by atoms with E-state index in [-0.39, 0.29) is 6.04 Å². The molecule has 0 saturated carbocycles. The van der Waals surface area contributed by atoms with Crippen molar-refractivity contribution >= 4 is 17.0 Å². The van der Waals surface area contributed by atoms with Gasteiger partial charge in [-0.15, -0.1) is 0 Å². The molecule has 0 saturated heterocycles. The topological polar surface area (TPSA) is 48.7 Å². The largest absolute Gasteiger partial charge is 0.378 e. The third-order valence-electron chi connectivity index (χ3n) is 2.30. The molecule has 0 bridgehead atoms. The molecule has 2 aromatic heterocycles. The average Bonchev–Trinajstić information content (AvgIpc) is 2.83. The van der Waals surface area contributed by atoms with Crippen LogP contribution in [0.4, 0.5) is 5.69 Å². The molecule has 0 amide bonds. The van der Waals surface area contributed by atoms with E-state index in [0.717, 1.165) is 5.69 Å². The normalized spacial score (nSPS) is 11.8. The van der Waals surface area contributed by atoms with E-state index in [1.165, 1.54) is 5.56 Å². The van der Waals surface area contributed by atoms with Crippen LogP contribution in [0.25, 0.3) is 0 Å². The molecule has 0 aliphatic carbocycles. The fourth-order valence-corrected chi connectivity index (χ4v) is 2.19. The fraction of sp³-hybridized carbons (Fsp3) is 0.167. The predicted molar refractivity (Wildman–Crippen MR) is 65.3 cm³/mol. The molecule has 80 valence electrons. The van der Waals surface area contributed by atoms with Crippen LogP contribution in [0.2, 0.25) is 0 Å². The molecule has 0 aromatic carbocycles. The molecule has 1 atom stereocenters. The smallest absolute Gasteiger partial charge is 0.142 e. The van der Waals surface area contributed by atoms with Crippen molar-refractivity contribution in [3.05, 3.63) is 46.4 Å². The van der Waals surface area contributed by atoms with Gasteiger partial charge in [0.15, 0.2) is 0 Å². The van der Waals surface area contributed by atoms with Gasteiger partial charge >= 0.3 is 0 Å². The second-order valence-electron chi connectivity index (χ2n) is 3.46. The summed E-state index contributed by atoms with van der Waals surface area (Å²) in [5, 5.41) is 16.2. The number of hydrogen-bond donors (Lipinski definition) is 1. The average molecular weight is 229 g/mol. The minimum atomic E-state index is 0.236. The molecule has 2 aromatic rings. The number of pyridine rings is 1. The maximum Gasteiger partial charge on any atom is 0.142 e. The first-order valence-electron chi connectivity index (χ1n) is 4.94. The van der Waals surface area contributed by atoms with E-state index in [0.29, 0.717) is 5.69 Å². The summed E-state index contributed by atoms with van der Waals surface area (Å²) in [6, 6.07) is 7.97. The lowest BCUT2D eigenvalue weighted by Gasteiger charge is -2.13. The highest BCUT2D eigenvalue weighted by molar-refractivity contribution is 7.07. The van der Waals surface area contributed by atoms with Gasteiger partial charge in [-0.25, -0.2) is 4.98 Å². The Morgan fingerprint density at radius 2 is 2.38 bits per heavy atom. The molecule has 16 heavy (non-hydrogen) atoms. The fourth-order valence-electron chi connectivity index (χ4n) is 1.44. The van der Waals surface area contributed by atoms with Crippen molar-refractivity contribution in [2.75, 3.05) is 5.32 Å². The van der Waals surface area contributed by atoms with E-state index in [2.05, 4.69) is 34.1 Å². The van der Waals surface area contributed by atoms with Gasteiger partial charge in [0.25, 0.3) is 0 Å². The van der Waals surface area contributed by atoms with Crippen molar-refractivity contribution in [2.45, 2.75) is 13.0 Å². The minimum absolute atomic E-state index is 0.236. The van der Waals surface area contributed by atoms with E-state index < -0.39 is 0 Å². The molecule has 0 radical (unpaired) electrons. The summed E-state index contributed by atoms with van der Waals surface area (Å²) in [5.41, 5.74) is 2.60. The maximum atomic E-state index is 8.74. The van der Waals surface area contributed by atoms with Crippen LogP contribution in [0.15, 0.2) is 35.2 Å². The zero-order chi connectivity index (χ0) is 11.4. The number of rotatable bonds is 3. The number of nitriles is 1. The molecule has 0 aliphatic rings. The Hall–Kier alpha value is -1.86. The summed E-state index contributed by atoms with van der Waals surface area (Å²) in [6.07, 6.45) is 1.64. The van der Waals surface area contributed by atoms with Crippen LogP contribution in [-0.4, -0.2) is 4.98 Å². The summed E-state index contributed by atoms with van der Waals surface area (Å²) in [5.74, 6) is 0. The minimum Gasteiger partial charge on any atom is -0.378 e. The van der Waals surface area contributed by atoms with Crippen LogP contribution in [0.1, 0.15) is 24.2 Å². The Bertz CT molecular complexity index is 499. The number of nitrogens with zero attached hydrogens (tertiary/aromatic N) is 2. The Morgan fingerprint density at radius 1 is 1.50 bits per heavy atom. The molecule has 2 rings (SSSR count). The molecule has 4 heteroatoms. The van der Waals surface area contributed by atoms with Gasteiger partial charge in [-0.05, 0) is 41.4 Å². The lowest BCUT2D eigenvalue weighted by atomic mass is 10.2. The molecular formula is C12H11N3S. The quantitative estimate of drug-likeness (QED) is 0.879. The number of aromatic nitrogens is 1. The lowest BCUT2D eigenvalue weighted by Crippen LogP contribution is -2.05. The Morgan fingerprint density at radius 3 is 3.06 bits per heavy atom. The third kappa shape index (κ3) is 2.38. The number of nitrogens with one attached hydrogen (secondary N) is 1. The van der Waals surface area contributed by atoms with Gasteiger partial charge in [-0.1, -0.05) is 0 Å². The molecular weight excluding hydrogens is 218 g/mol. The van der Waals surface area contributed by atoms with E-state index >= 15 is 0 Å². The zero-order valence-electron chi connectivity index (χ0n) is 8.84. The van der Waals surface area contributed by atoms with Gasteiger partial charge < -0.3 is 5.32 Å². The van der Waals surface area contributed by atoms with Gasteiger partial charge in [-0.2, -0.15) is 16.6 Å². The Balaban J connectivity index is 2.12. The first-order valence-corrected chi connectivity index (χ1v) is 5.88. The van der Waals surface area contributed by atoms with Crippen LogP contribution >= 0.6 is 11.3 Å². The van der Waals surface area contributed by atoms with Crippen LogP contribution in [0.5, 0.6) is 0 Å².